The molecule has 0 unspecified atom stereocenters. The van der Waals surface area contributed by atoms with Crippen molar-refractivity contribution in [3.8, 4) is 5.69 Å². The minimum Gasteiger partial charge on any atom is -0.409 e. The van der Waals surface area contributed by atoms with E-state index in [0.717, 1.165) is 27.6 Å². The normalized spacial score (nSPS) is 12.1. The summed E-state index contributed by atoms with van der Waals surface area (Å²) in [5.74, 6) is 0.0299. The summed E-state index contributed by atoms with van der Waals surface area (Å²) in [7, 11) is 1.99. The van der Waals surface area contributed by atoms with Crippen molar-refractivity contribution >= 4 is 27.8 Å². The van der Waals surface area contributed by atoms with Gasteiger partial charge in [-0.1, -0.05) is 23.4 Å². The number of aromatic nitrogens is 2. The molecule has 2 heterocycles. The number of oxime groups is 1. The molecule has 0 radical (unpaired) electrons. The molecule has 0 bridgehead atoms. The number of amidine groups is 1. The first-order chi connectivity index (χ1) is 12.1. The molecular formula is C19H16N4O2. The smallest absolute Gasteiger partial charge is 0.255 e. The maximum Gasteiger partial charge on any atom is 0.255 e. The van der Waals surface area contributed by atoms with Crippen molar-refractivity contribution in [3.63, 3.8) is 0 Å². The number of para-hydroxylation sites is 1. The highest BCUT2D eigenvalue weighted by Crippen LogP contribution is 2.28. The summed E-state index contributed by atoms with van der Waals surface area (Å²) in [5, 5.41) is 12.8. The van der Waals surface area contributed by atoms with Crippen LogP contribution >= 0.6 is 0 Å². The van der Waals surface area contributed by atoms with Crippen molar-refractivity contribution in [2.45, 2.75) is 0 Å². The number of hydrogen-bond donors (Lipinski definition) is 2. The molecule has 2 aromatic heterocycles. The van der Waals surface area contributed by atoms with Gasteiger partial charge in [0, 0.05) is 29.8 Å². The molecule has 124 valence electrons. The van der Waals surface area contributed by atoms with Crippen LogP contribution in [-0.2, 0) is 7.05 Å². The third-order valence-electron chi connectivity index (χ3n) is 4.48. The van der Waals surface area contributed by atoms with Crippen LogP contribution in [-0.4, -0.2) is 20.2 Å². The van der Waals surface area contributed by atoms with Gasteiger partial charge < -0.3 is 15.5 Å². The molecule has 0 atom stereocenters. The maximum absolute atomic E-state index is 12.6. The highest BCUT2D eigenvalue weighted by Gasteiger charge is 2.14. The Labute approximate surface area is 143 Å². The van der Waals surface area contributed by atoms with E-state index >= 15 is 0 Å². The second-order valence-corrected chi connectivity index (χ2v) is 5.85. The Morgan fingerprint density at radius 1 is 1.00 bits per heavy atom. The molecule has 6 heteroatoms. The number of benzene rings is 2. The average Bonchev–Trinajstić information content (AvgIpc) is 2.94. The molecule has 6 nitrogen and oxygen atoms in total. The average molecular weight is 332 g/mol. The lowest BCUT2D eigenvalue weighted by Crippen LogP contribution is -2.18. The van der Waals surface area contributed by atoms with Gasteiger partial charge in [-0.25, -0.2) is 0 Å². The summed E-state index contributed by atoms with van der Waals surface area (Å²) in [6.45, 7) is 0. The summed E-state index contributed by atoms with van der Waals surface area (Å²) in [4.78, 5) is 12.6. The lowest BCUT2D eigenvalue weighted by molar-refractivity contribution is 0.318. The van der Waals surface area contributed by atoms with Gasteiger partial charge in [-0.05, 0) is 36.4 Å². The Morgan fingerprint density at radius 3 is 2.44 bits per heavy atom. The van der Waals surface area contributed by atoms with Crippen molar-refractivity contribution in [1.29, 1.82) is 0 Å². The van der Waals surface area contributed by atoms with Gasteiger partial charge in [0.05, 0.1) is 16.6 Å². The summed E-state index contributed by atoms with van der Waals surface area (Å²) in [6, 6.07) is 18.4. The summed E-state index contributed by atoms with van der Waals surface area (Å²) in [6.07, 6.45) is 0. The zero-order valence-electron chi connectivity index (χ0n) is 13.5. The van der Waals surface area contributed by atoms with Gasteiger partial charge in [0.1, 0.15) is 0 Å². The second-order valence-electron chi connectivity index (χ2n) is 5.85. The fourth-order valence-electron chi connectivity index (χ4n) is 3.25. The van der Waals surface area contributed by atoms with Crippen LogP contribution in [0.1, 0.15) is 5.56 Å². The number of rotatable bonds is 2. The van der Waals surface area contributed by atoms with Gasteiger partial charge >= 0.3 is 0 Å². The zero-order chi connectivity index (χ0) is 17.6. The standard InChI is InChI=1S/C19H16N4O2/c1-22-15-5-3-2-4-14(15)18-16(22)10-11-17(24)23(18)13-8-6-12(7-9-13)19(20)21-25/h2-11,25H,1H3,(H2,20,21). The molecule has 4 aromatic rings. The van der Waals surface area contributed by atoms with Crippen LogP contribution in [0.3, 0.4) is 0 Å². The van der Waals surface area contributed by atoms with E-state index in [1.165, 1.54) is 0 Å². The molecule has 0 amide bonds. The van der Waals surface area contributed by atoms with Crippen LogP contribution < -0.4 is 11.3 Å². The molecule has 25 heavy (non-hydrogen) atoms. The van der Waals surface area contributed by atoms with Crippen molar-refractivity contribution in [2.24, 2.45) is 17.9 Å². The largest absolute Gasteiger partial charge is 0.409 e. The predicted octanol–water partition coefficient (Wildman–Crippen LogP) is 2.58. The van der Waals surface area contributed by atoms with Crippen LogP contribution in [0.5, 0.6) is 0 Å². The van der Waals surface area contributed by atoms with Crippen LogP contribution in [0.15, 0.2) is 70.6 Å². The predicted molar refractivity (Wildman–Crippen MR) is 98.5 cm³/mol. The fourth-order valence-corrected chi connectivity index (χ4v) is 3.25. The minimum atomic E-state index is -0.111. The molecule has 0 aliphatic rings. The molecule has 0 spiro atoms. The van der Waals surface area contributed by atoms with E-state index in [1.807, 2.05) is 37.4 Å². The molecule has 0 aliphatic heterocycles. The number of nitrogens with two attached hydrogens (primary N) is 1. The van der Waals surface area contributed by atoms with Crippen LogP contribution in [0.2, 0.25) is 0 Å². The number of hydrogen-bond acceptors (Lipinski definition) is 3. The number of nitrogens with zero attached hydrogens (tertiary/aromatic N) is 3. The first kappa shape index (κ1) is 15.0. The van der Waals surface area contributed by atoms with E-state index < -0.39 is 0 Å². The van der Waals surface area contributed by atoms with E-state index in [0.29, 0.717) is 5.56 Å². The van der Waals surface area contributed by atoms with E-state index in [1.54, 1.807) is 34.9 Å². The Morgan fingerprint density at radius 2 is 1.72 bits per heavy atom. The Balaban J connectivity index is 2.06. The van der Waals surface area contributed by atoms with Gasteiger partial charge in [0.2, 0.25) is 0 Å². The van der Waals surface area contributed by atoms with E-state index in [-0.39, 0.29) is 11.4 Å². The zero-order valence-corrected chi connectivity index (χ0v) is 13.5. The molecule has 3 N–H and O–H groups in total. The topological polar surface area (TPSA) is 85.5 Å². The monoisotopic (exact) mass is 332 g/mol. The van der Waals surface area contributed by atoms with Gasteiger partial charge in [-0.2, -0.15) is 0 Å². The SMILES string of the molecule is Cn1c2ccccc2c2c1ccc(=O)n2-c1ccc(/C(N)=N/O)cc1. The van der Waals surface area contributed by atoms with Gasteiger partial charge in [-0.3, -0.25) is 9.36 Å². The lowest BCUT2D eigenvalue weighted by Gasteiger charge is -2.09. The third kappa shape index (κ3) is 2.19. The van der Waals surface area contributed by atoms with Crippen LogP contribution in [0.25, 0.3) is 27.6 Å². The second kappa shape index (κ2) is 5.52. The quantitative estimate of drug-likeness (QED) is 0.256. The van der Waals surface area contributed by atoms with E-state index in [9.17, 15) is 4.79 Å². The first-order valence-corrected chi connectivity index (χ1v) is 7.79. The lowest BCUT2D eigenvalue weighted by atomic mass is 10.1. The van der Waals surface area contributed by atoms with Crippen molar-refractivity contribution in [1.82, 2.24) is 9.13 Å². The van der Waals surface area contributed by atoms with Crippen molar-refractivity contribution < 1.29 is 5.21 Å². The Bertz CT molecular complexity index is 1180. The molecule has 0 aliphatic carbocycles. The highest BCUT2D eigenvalue weighted by atomic mass is 16.4. The van der Waals surface area contributed by atoms with Crippen molar-refractivity contribution in [3.05, 3.63) is 76.6 Å². The number of aryl methyl sites for hydroxylation is 1. The molecule has 4 rings (SSSR count). The third-order valence-corrected chi connectivity index (χ3v) is 4.48. The molecular weight excluding hydrogens is 316 g/mol. The maximum atomic E-state index is 12.6. The van der Waals surface area contributed by atoms with Crippen LogP contribution in [0.4, 0.5) is 0 Å². The van der Waals surface area contributed by atoms with Gasteiger partial charge in [0.15, 0.2) is 5.84 Å². The van der Waals surface area contributed by atoms with E-state index in [4.69, 9.17) is 10.9 Å². The fraction of sp³-hybridized carbons (Fsp3) is 0.0526. The molecule has 0 fully saturated rings. The highest BCUT2D eigenvalue weighted by molar-refractivity contribution is 6.06. The summed E-state index contributed by atoms with van der Waals surface area (Å²) < 4.78 is 3.76. The molecule has 2 aromatic carbocycles. The number of pyridine rings is 1. The van der Waals surface area contributed by atoms with Gasteiger partial charge in [-0.15, -0.1) is 0 Å². The minimum absolute atomic E-state index is 0.0299. The van der Waals surface area contributed by atoms with E-state index in [2.05, 4.69) is 9.72 Å². The Hall–Kier alpha value is -3.54. The Kier molecular flexibility index (Phi) is 3.32. The molecule has 0 saturated heterocycles. The first-order valence-electron chi connectivity index (χ1n) is 7.79. The summed E-state index contributed by atoms with van der Waals surface area (Å²) in [5.41, 5.74) is 9.71. The van der Waals surface area contributed by atoms with Crippen molar-refractivity contribution in [2.75, 3.05) is 0 Å². The molecule has 0 saturated carbocycles. The number of fused-ring (bicyclic) bond motifs is 3. The van der Waals surface area contributed by atoms with Crippen LogP contribution in [0, 0.1) is 0 Å². The summed E-state index contributed by atoms with van der Waals surface area (Å²) >= 11 is 0. The van der Waals surface area contributed by atoms with Gasteiger partial charge in [0.25, 0.3) is 5.56 Å².